The summed E-state index contributed by atoms with van der Waals surface area (Å²) in [4.78, 5) is 23.3. The van der Waals surface area contributed by atoms with Crippen LogP contribution in [0.5, 0.6) is 5.75 Å². The molecule has 2 heterocycles. The summed E-state index contributed by atoms with van der Waals surface area (Å²) in [7, 11) is 1.65. The third-order valence-corrected chi connectivity index (χ3v) is 4.51. The molecule has 0 radical (unpaired) electrons. The molecule has 0 bridgehead atoms. The lowest BCUT2D eigenvalue weighted by Gasteiger charge is -2.29. The Kier molecular flexibility index (Phi) is 4.79. The fraction of sp³-hybridized carbons (Fsp3) is 0.421. The van der Waals surface area contributed by atoms with Gasteiger partial charge in [-0.05, 0) is 37.6 Å². The predicted octanol–water partition coefficient (Wildman–Crippen LogP) is 3.19. The van der Waals surface area contributed by atoms with Gasteiger partial charge in [0.15, 0.2) is 5.82 Å². The number of methoxy groups -OCH3 is 1. The smallest absolute Gasteiger partial charge is 0.161 e. The van der Waals surface area contributed by atoms with Gasteiger partial charge >= 0.3 is 0 Å². The first-order chi connectivity index (χ1) is 11.6. The van der Waals surface area contributed by atoms with Crippen LogP contribution in [0, 0.1) is 6.92 Å². The summed E-state index contributed by atoms with van der Waals surface area (Å²) < 4.78 is 5.21. The maximum absolute atomic E-state index is 11.5. The van der Waals surface area contributed by atoms with Crippen LogP contribution in [0.2, 0.25) is 0 Å². The summed E-state index contributed by atoms with van der Waals surface area (Å²) in [5.41, 5.74) is 3.14. The SMILES string of the molecule is CCc1c(C)nc(-c2ccc(OC)cc2)nc1N1CCC(=O)CC1. The van der Waals surface area contributed by atoms with E-state index in [1.54, 1.807) is 7.11 Å². The quantitative estimate of drug-likeness (QED) is 0.864. The van der Waals surface area contributed by atoms with Gasteiger partial charge in [-0.1, -0.05) is 6.92 Å². The molecule has 126 valence electrons. The van der Waals surface area contributed by atoms with E-state index in [1.807, 2.05) is 31.2 Å². The molecule has 1 aromatic heterocycles. The van der Waals surface area contributed by atoms with Crippen molar-refractivity contribution in [2.45, 2.75) is 33.1 Å². The van der Waals surface area contributed by atoms with Gasteiger partial charge in [0.25, 0.3) is 0 Å². The lowest BCUT2D eigenvalue weighted by atomic mass is 10.1. The zero-order valence-electron chi connectivity index (χ0n) is 14.5. The number of Topliss-reactive ketones (excluding diaryl/α,β-unsaturated/α-hetero) is 1. The number of aromatic nitrogens is 2. The third kappa shape index (κ3) is 3.25. The molecule has 0 amide bonds. The largest absolute Gasteiger partial charge is 0.497 e. The zero-order valence-corrected chi connectivity index (χ0v) is 14.5. The van der Waals surface area contributed by atoms with Gasteiger partial charge in [0.1, 0.15) is 17.4 Å². The minimum absolute atomic E-state index is 0.338. The number of anilines is 1. The summed E-state index contributed by atoms with van der Waals surface area (Å²) in [6, 6.07) is 7.79. The Labute approximate surface area is 142 Å². The van der Waals surface area contributed by atoms with Crippen LogP contribution in [0.1, 0.15) is 31.0 Å². The topological polar surface area (TPSA) is 55.3 Å². The van der Waals surface area contributed by atoms with Crippen molar-refractivity contribution in [3.05, 3.63) is 35.5 Å². The number of hydrogen-bond acceptors (Lipinski definition) is 5. The van der Waals surface area contributed by atoms with Crippen molar-refractivity contribution in [1.82, 2.24) is 9.97 Å². The number of ketones is 1. The number of carbonyl (C=O) groups is 1. The molecule has 0 spiro atoms. The van der Waals surface area contributed by atoms with Crippen LogP contribution in [0.3, 0.4) is 0 Å². The van der Waals surface area contributed by atoms with Gasteiger partial charge in [-0.3, -0.25) is 4.79 Å². The monoisotopic (exact) mass is 325 g/mol. The molecule has 1 aromatic carbocycles. The number of rotatable bonds is 4. The highest BCUT2D eigenvalue weighted by atomic mass is 16.5. The minimum atomic E-state index is 0.338. The van der Waals surface area contributed by atoms with Crippen LogP contribution in [0.4, 0.5) is 5.82 Å². The molecule has 5 nitrogen and oxygen atoms in total. The molecule has 0 N–H and O–H groups in total. The van der Waals surface area contributed by atoms with Gasteiger partial charge in [0.2, 0.25) is 0 Å². The number of benzene rings is 1. The fourth-order valence-corrected chi connectivity index (χ4v) is 3.09. The summed E-state index contributed by atoms with van der Waals surface area (Å²) in [6.45, 7) is 5.64. The van der Waals surface area contributed by atoms with Crippen molar-refractivity contribution in [2.24, 2.45) is 0 Å². The number of piperidine rings is 1. The first-order valence-electron chi connectivity index (χ1n) is 8.41. The second kappa shape index (κ2) is 6.99. The predicted molar refractivity (Wildman–Crippen MR) is 94.6 cm³/mol. The Morgan fingerprint density at radius 3 is 2.38 bits per heavy atom. The van der Waals surface area contributed by atoms with Crippen molar-refractivity contribution in [2.75, 3.05) is 25.1 Å². The van der Waals surface area contributed by atoms with E-state index < -0.39 is 0 Å². The van der Waals surface area contributed by atoms with Gasteiger partial charge in [-0.25, -0.2) is 9.97 Å². The summed E-state index contributed by atoms with van der Waals surface area (Å²) >= 11 is 0. The van der Waals surface area contributed by atoms with Crippen LogP contribution in [0.25, 0.3) is 11.4 Å². The number of nitrogens with zero attached hydrogens (tertiary/aromatic N) is 3. The van der Waals surface area contributed by atoms with E-state index in [0.29, 0.717) is 18.6 Å². The van der Waals surface area contributed by atoms with Crippen molar-refractivity contribution in [3.8, 4) is 17.1 Å². The summed E-state index contributed by atoms with van der Waals surface area (Å²) in [5.74, 6) is 2.85. The second-order valence-corrected chi connectivity index (χ2v) is 6.04. The number of hydrogen-bond donors (Lipinski definition) is 0. The Morgan fingerprint density at radius 2 is 1.79 bits per heavy atom. The van der Waals surface area contributed by atoms with Gasteiger partial charge < -0.3 is 9.64 Å². The van der Waals surface area contributed by atoms with Crippen LogP contribution in [-0.2, 0) is 11.2 Å². The molecule has 2 aromatic rings. The molecule has 1 aliphatic rings. The van der Waals surface area contributed by atoms with Crippen LogP contribution >= 0.6 is 0 Å². The number of ether oxygens (including phenoxy) is 1. The van der Waals surface area contributed by atoms with Crippen molar-refractivity contribution in [1.29, 1.82) is 0 Å². The van der Waals surface area contributed by atoms with E-state index >= 15 is 0 Å². The first-order valence-corrected chi connectivity index (χ1v) is 8.41. The van der Waals surface area contributed by atoms with E-state index in [2.05, 4.69) is 11.8 Å². The Balaban J connectivity index is 2.00. The first kappa shape index (κ1) is 16.4. The molecule has 0 unspecified atom stereocenters. The van der Waals surface area contributed by atoms with E-state index in [4.69, 9.17) is 14.7 Å². The standard InChI is InChI=1S/C19H23N3O2/c1-4-17-13(2)20-18(14-5-7-16(24-3)8-6-14)21-19(17)22-11-9-15(23)10-12-22/h5-8H,4,9-12H2,1-3H3. The Morgan fingerprint density at radius 1 is 1.12 bits per heavy atom. The molecular weight excluding hydrogens is 302 g/mol. The average Bonchev–Trinajstić information content (AvgIpc) is 2.62. The lowest BCUT2D eigenvalue weighted by Crippen LogP contribution is -2.35. The zero-order chi connectivity index (χ0) is 17.1. The molecule has 24 heavy (non-hydrogen) atoms. The minimum Gasteiger partial charge on any atom is -0.497 e. The normalized spacial score (nSPS) is 14.8. The van der Waals surface area contributed by atoms with Crippen molar-refractivity contribution >= 4 is 11.6 Å². The highest BCUT2D eigenvalue weighted by molar-refractivity contribution is 5.81. The van der Waals surface area contributed by atoms with Gasteiger partial charge in [-0.2, -0.15) is 0 Å². The highest BCUT2D eigenvalue weighted by Gasteiger charge is 2.22. The molecule has 5 heteroatoms. The Hall–Kier alpha value is -2.43. The fourth-order valence-electron chi connectivity index (χ4n) is 3.09. The summed E-state index contributed by atoms with van der Waals surface area (Å²) in [6.07, 6.45) is 2.09. The van der Waals surface area contributed by atoms with Crippen molar-refractivity contribution in [3.63, 3.8) is 0 Å². The maximum atomic E-state index is 11.5. The van der Waals surface area contributed by atoms with E-state index in [0.717, 1.165) is 48.2 Å². The number of carbonyl (C=O) groups excluding carboxylic acids is 1. The van der Waals surface area contributed by atoms with E-state index in [9.17, 15) is 4.79 Å². The molecule has 1 saturated heterocycles. The average molecular weight is 325 g/mol. The van der Waals surface area contributed by atoms with Gasteiger partial charge in [0, 0.05) is 42.8 Å². The third-order valence-electron chi connectivity index (χ3n) is 4.51. The Bertz CT molecular complexity index is 731. The van der Waals surface area contributed by atoms with Gasteiger partial charge in [-0.15, -0.1) is 0 Å². The molecule has 0 atom stereocenters. The molecule has 0 aliphatic carbocycles. The maximum Gasteiger partial charge on any atom is 0.161 e. The lowest BCUT2D eigenvalue weighted by molar-refractivity contribution is -0.119. The molecule has 1 fully saturated rings. The van der Waals surface area contributed by atoms with Gasteiger partial charge in [0.05, 0.1) is 7.11 Å². The molecular formula is C19H23N3O2. The summed E-state index contributed by atoms with van der Waals surface area (Å²) in [5, 5.41) is 0. The van der Waals surface area contributed by atoms with Crippen molar-refractivity contribution < 1.29 is 9.53 Å². The molecule has 0 saturated carbocycles. The number of aryl methyl sites for hydroxylation is 1. The van der Waals surface area contributed by atoms with Crippen LogP contribution in [-0.4, -0.2) is 36.0 Å². The molecule has 3 rings (SSSR count). The van der Waals surface area contributed by atoms with Crippen LogP contribution < -0.4 is 9.64 Å². The highest BCUT2D eigenvalue weighted by Crippen LogP contribution is 2.28. The van der Waals surface area contributed by atoms with Crippen LogP contribution in [0.15, 0.2) is 24.3 Å². The second-order valence-electron chi connectivity index (χ2n) is 6.04. The molecule has 1 aliphatic heterocycles. The van der Waals surface area contributed by atoms with E-state index in [-0.39, 0.29) is 0 Å². The van der Waals surface area contributed by atoms with E-state index in [1.165, 1.54) is 5.56 Å².